The van der Waals surface area contributed by atoms with Crippen LogP contribution in [0.15, 0.2) is 46.1 Å². The van der Waals surface area contributed by atoms with Gasteiger partial charge in [0.15, 0.2) is 5.71 Å². The van der Waals surface area contributed by atoms with Crippen LogP contribution in [0.5, 0.6) is 0 Å². The van der Waals surface area contributed by atoms with E-state index >= 15 is 0 Å². The normalized spacial score (nSPS) is 14.4. The third-order valence-electron chi connectivity index (χ3n) is 6.59. The van der Waals surface area contributed by atoms with E-state index in [9.17, 15) is 19.7 Å². The maximum Gasteiger partial charge on any atom is 0.357 e. The van der Waals surface area contributed by atoms with Crippen LogP contribution in [0, 0.1) is 10.1 Å². The second kappa shape index (κ2) is 12.5. The van der Waals surface area contributed by atoms with E-state index in [0.29, 0.717) is 53.9 Å². The molecule has 0 unspecified atom stereocenters. The Bertz CT molecular complexity index is 1330. The lowest BCUT2D eigenvalue weighted by Crippen LogP contribution is -2.18. The zero-order valence-corrected chi connectivity index (χ0v) is 22.9. The molecule has 0 saturated carbocycles. The van der Waals surface area contributed by atoms with Gasteiger partial charge >= 0.3 is 11.9 Å². The van der Waals surface area contributed by atoms with Crippen LogP contribution in [0.2, 0.25) is 0 Å². The first-order valence-corrected chi connectivity index (χ1v) is 13.2. The number of nitro groups is 1. The van der Waals surface area contributed by atoms with Gasteiger partial charge < -0.3 is 14.5 Å². The number of non-ortho nitro benzene ring substituents is 1. The molecule has 38 heavy (non-hydrogen) atoms. The van der Waals surface area contributed by atoms with Crippen LogP contribution in [0.25, 0.3) is 5.57 Å². The summed E-state index contributed by atoms with van der Waals surface area (Å²) in [4.78, 5) is 44.8. The highest BCUT2D eigenvalue weighted by molar-refractivity contribution is 6.44. The zero-order valence-electron chi connectivity index (χ0n) is 22.9. The number of carbonyl (C=O) groups is 2. The third-order valence-corrected chi connectivity index (χ3v) is 6.59. The Labute approximate surface area is 222 Å². The maximum atomic E-state index is 12.9. The Morgan fingerprint density at radius 3 is 1.87 bits per heavy atom. The highest BCUT2D eigenvalue weighted by Gasteiger charge is 2.32. The number of aliphatic imine (C=N–C) groups is 1. The summed E-state index contributed by atoms with van der Waals surface area (Å²) in [6.07, 6.45) is 2.41. The molecule has 1 aromatic heterocycles. The summed E-state index contributed by atoms with van der Waals surface area (Å²) in [7, 11) is 0. The minimum absolute atomic E-state index is 0.0376. The molecule has 0 aliphatic carbocycles. The predicted octanol–water partition coefficient (Wildman–Crippen LogP) is 6.12. The van der Waals surface area contributed by atoms with Crippen molar-refractivity contribution in [1.82, 2.24) is 4.98 Å². The van der Waals surface area contributed by atoms with Crippen LogP contribution in [0.1, 0.15) is 87.3 Å². The number of H-pyrrole nitrogens is 1. The fourth-order valence-electron chi connectivity index (χ4n) is 4.97. The van der Waals surface area contributed by atoms with Gasteiger partial charge in [-0.25, -0.2) is 14.6 Å². The molecular formula is C29H35N3O6. The lowest BCUT2D eigenvalue weighted by molar-refractivity contribution is -0.384. The summed E-state index contributed by atoms with van der Waals surface area (Å²) >= 11 is 0. The highest BCUT2D eigenvalue weighted by atomic mass is 16.6. The summed E-state index contributed by atoms with van der Waals surface area (Å²) in [5.41, 5.74) is 6.74. The number of aromatic nitrogens is 1. The molecule has 0 spiro atoms. The first-order valence-electron chi connectivity index (χ1n) is 13.2. The van der Waals surface area contributed by atoms with Crippen molar-refractivity contribution in [2.24, 2.45) is 4.99 Å². The third kappa shape index (κ3) is 5.32. The molecule has 202 valence electrons. The second-order valence-corrected chi connectivity index (χ2v) is 8.63. The first-order chi connectivity index (χ1) is 18.3. The molecule has 0 fully saturated rings. The molecule has 0 radical (unpaired) electrons. The molecule has 3 rings (SSSR count). The highest BCUT2D eigenvalue weighted by Crippen LogP contribution is 2.41. The van der Waals surface area contributed by atoms with Crippen LogP contribution in [-0.4, -0.2) is 40.8 Å². The number of nitrogens with zero attached hydrogens (tertiary/aromatic N) is 2. The molecule has 1 aromatic carbocycles. The van der Waals surface area contributed by atoms with Crippen LogP contribution in [0.3, 0.4) is 0 Å². The van der Waals surface area contributed by atoms with Crippen LogP contribution >= 0.6 is 0 Å². The molecule has 1 N–H and O–H groups in total. The number of rotatable bonds is 11. The maximum absolute atomic E-state index is 12.9. The number of nitrogens with one attached hydrogen (secondary N) is 1. The van der Waals surface area contributed by atoms with Gasteiger partial charge in [-0.15, -0.1) is 0 Å². The molecule has 9 heteroatoms. The molecule has 0 atom stereocenters. The first kappa shape index (κ1) is 28.6. The van der Waals surface area contributed by atoms with E-state index in [2.05, 4.69) is 4.98 Å². The van der Waals surface area contributed by atoms with Gasteiger partial charge in [0, 0.05) is 17.7 Å². The summed E-state index contributed by atoms with van der Waals surface area (Å²) in [6, 6.07) is 6.23. The van der Waals surface area contributed by atoms with Crippen molar-refractivity contribution >= 4 is 28.9 Å². The van der Waals surface area contributed by atoms with E-state index in [-0.39, 0.29) is 24.6 Å². The lowest BCUT2D eigenvalue weighted by atomic mass is 9.90. The number of carbonyl (C=O) groups excluding carboxylic acids is 2. The van der Waals surface area contributed by atoms with Crippen molar-refractivity contribution in [2.75, 3.05) is 13.2 Å². The van der Waals surface area contributed by atoms with Gasteiger partial charge in [0.1, 0.15) is 5.69 Å². The molecule has 2 aromatic rings. The number of esters is 2. The fraction of sp³-hybridized carbons (Fsp3) is 0.414. The topological polar surface area (TPSA) is 124 Å². The van der Waals surface area contributed by atoms with Crippen LogP contribution in [0.4, 0.5) is 5.69 Å². The Balaban J connectivity index is 2.45. The van der Waals surface area contributed by atoms with Gasteiger partial charge in [0.2, 0.25) is 0 Å². The van der Waals surface area contributed by atoms with Crippen molar-refractivity contribution in [3.05, 3.63) is 79.3 Å². The monoisotopic (exact) mass is 521 g/mol. The van der Waals surface area contributed by atoms with E-state index in [1.165, 1.54) is 12.1 Å². The van der Waals surface area contributed by atoms with E-state index < -0.39 is 16.9 Å². The van der Waals surface area contributed by atoms with Crippen molar-refractivity contribution in [3.63, 3.8) is 0 Å². The SMILES string of the molecule is CCOC(=O)C1=N/C(=C(/c2ccc([N+](=O)[O-])cc2)c2[nH]c(C(=O)OCC)c(CC)c2CC)C(CC)=C1CC. The Morgan fingerprint density at radius 2 is 1.37 bits per heavy atom. The Hall–Kier alpha value is -4.01. The van der Waals surface area contributed by atoms with E-state index in [1.807, 2.05) is 27.7 Å². The molecule has 2 heterocycles. The van der Waals surface area contributed by atoms with E-state index in [0.717, 1.165) is 22.3 Å². The van der Waals surface area contributed by atoms with Gasteiger partial charge in [-0.2, -0.15) is 0 Å². The van der Waals surface area contributed by atoms with Crippen molar-refractivity contribution in [2.45, 2.75) is 67.2 Å². The zero-order chi connectivity index (χ0) is 28.0. The standard InChI is InChI=1S/C29H35N3O6/c1-7-19-21(9-3)26(28(33)37-11-5)30-24(19)23(17-13-15-18(16-14-17)32(35)36)25-20(8-2)22(10-4)27(31-25)29(34)38-12-6/h13-16,30H,7-12H2,1-6H3/b25-23-. The molecule has 1 aliphatic heterocycles. The number of hydrogen-bond donors (Lipinski definition) is 1. The van der Waals surface area contributed by atoms with Gasteiger partial charge in [-0.05, 0) is 79.5 Å². The Morgan fingerprint density at radius 1 is 0.816 bits per heavy atom. The molecule has 0 amide bonds. The van der Waals surface area contributed by atoms with Crippen LogP contribution in [-0.2, 0) is 27.1 Å². The average Bonchev–Trinajstić information content (AvgIpc) is 3.47. The lowest BCUT2D eigenvalue weighted by Gasteiger charge is -2.14. The summed E-state index contributed by atoms with van der Waals surface area (Å²) in [6.45, 7) is 11.9. The van der Waals surface area contributed by atoms with Crippen molar-refractivity contribution < 1.29 is 24.0 Å². The van der Waals surface area contributed by atoms with Gasteiger partial charge in [0.05, 0.1) is 29.5 Å². The smallest absolute Gasteiger partial charge is 0.357 e. The Kier molecular flexibility index (Phi) is 9.39. The van der Waals surface area contributed by atoms with E-state index in [4.69, 9.17) is 14.5 Å². The van der Waals surface area contributed by atoms with E-state index in [1.54, 1.807) is 26.0 Å². The van der Waals surface area contributed by atoms with Crippen molar-refractivity contribution in [3.8, 4) is 0 Å². The summed E-state index contributed by atoms with van der Waals surface area (Å²) in [5.74, 6) is -0.932. The summed E-state index contributed by atoms with van der Waals surface area (Å²) < 4.78 is 10.6. The van der Waals surface area contributed by atoms with Crippen molar-refractivity contribution in [1.29, 1.82) is 0 Å². The fourth-order valence-corrected chi connectivity index (χ4v) is 4.97. The minimum Gasteiger partial charge on any atom is -0.461 e. The predicted molar refractivity (Wildman–Crippen MR) is 146 cm³/mol. The molecule has 0 saturated heterocycles. The summed E-state index contributed by atoms with van der Waals surface area (Å²) in [5, 5.41) is 11.3. The molecule has 0 bridgehead atoms. The second-order valence-electron chi connectivity index (χ2n) is 8.63. The molecule has 1 aliphatic rings. The number of nitro benzene ring substituents is 1. The number of hydrogen-bond acceptors (Lipinski definition) is 7. The van der Waals surface area contributed by atoms with Gasteiger partial charge in [-0.1, -0.05) is 27.7 Å². The minimum atomic E-state index is -0.489. The quantitative estimate of drug-likeness (QED) is 0.216. The van der Waals surface area contributed by atoms with Gasteiger partial charge in [0.25, 0.3) is 5.69 Å². The number of ether oxygens (including phenoxy) is 2. The molecule has 9 nitrogen and oxygen atoms in total. The van der Waals surface area contributed by atoms with Crippen LogP contribution < -0.4 is 0 Å². The number of benzene rings is 1. The largest absolute Gasteiger partial charge is 0.461 e. The molecular weight excluding hydrogens is 486 g/mol. The van der Waals surface area contributed by atoms with Gasteiger partial charge in [-0.3, -0.25) is 10.1 Å². The number of allylic oxidation sites excluding steroid dienone is 1. The average molecular weight is 522 g/mol. The number of aromatic amines is 1.